The molecule has 0 aromatic carbocycles. The fourth-order valence-corrected chi connectivity index (χ4v) is 4.44. The van der Waals surface area contributed by atoms with Crippen LogP contribution in [0, 0.1) is 13.8 Å². The summed E-state index contributed by atoms with van der Waals surface area (Å²) in [5, 5.41) is 11.3. The number of ether oxygens (including phenoxy) is 1. The largest absolute Gasteiger partial charge is 0.390 e. The number of aliphatic hydroxyl groups excluding tert-OH is 1. The van der Waals surface area contributed by atoms with Crippen molar-refractivity contribution in [2.24, 2.45) is 0 Å². The van der Waals surface area contributed by atoms with Gasteiger partial charge in [0.05, 0.1) is 28.8 Å². The van der Waals surface area contributed by atoms with Crippen LogP contribution in [-0.2, 0) is 16.0 Å². The molecule has 122 valence electrons. The van der Waals surface area contributed by atoms with E-state index in [1.807, 2.05) is 18.7 Å². The van der Waals surface area contributed by atoms with Gasteiger partial charge in [0.15, 0.2) is 0 Å². The number of aliphatic hydroxyl groups is 1. The van der Waals surface area contributed by atoms with Crippen LogP contribution in [0.4, 0.5) is 0 Å². The first-order chi connectivity index (χ1) is 10.5. The quantitative estimate of drug-likeness (QED) is 0.901. The number of aromatic nitrogens is 1. The van der Waals surface area contributed by atoms with E-state index < -0.39 is 5.60 Å². The molecule has 6 heteroatoms. The second-order valence-electron chi connectivity index (χ2n) is 6.37. The van der Waals surface area contributed by atoms with E-state index in [0.717, 1.165) is 47.9 Å². The predicted octanol–water partition coefficient (Wildman–Crippen LogP) is 1.83. The molecule has 2 saturated heterocycles. The molecule has 0 radical (unpaired) electrons. The average molecular weight is 324 g/mol. The van der Waals surface area contributed by atoms with Gasteiger partial charge in [0.25, 0.3) is 0 Å². The Morgan fingerprint density at radius 1 is 1.45 bits per heavy atom. The van der Waals surface area contributed by atoms with Gasteiger partial charge >= 0.3 is 0 Å². The van der Waals surface area contributed by atoms with Crippen molar-refractivity contribution in [2.45, 2.75) is 57.7 Å². The zero-order chi connectivity index (χ0) is 15.7. The van der Waals surface area contributed by atoms with Crippen LogP contribution in [0.15, 0.2) is 0 Å². The lowest BCUT2D eigenvalue weighted by molar-refractivity contribution is -0.179. The molecule has 1 spiro atoms. The minimum absolute atomic E-state index is 0.159. The van der Waals surface area contributed by atoms with Crippen molar-refractivity contribution < 1.29 is 14.6 Å². The lowest BCUT2D eigenvalue weighted by Crippen LogP contribution is -2.56. The molecule has 0 aliphatic carbocycles. The molecule has 3 heterocycles. The molecule has 1 aromatic rings. The monoisotopic (exact) mass is 324 g/mol. The molecule has 1 N–H and O–H groups in total. The SMILES string of the molecule is Cc1nc(C)c(CC(=O)N2CCC3(CC2)OCCCC3O)s1. The van der Waals surface area contributed by atoms with Crippen molar-refractivity contribution >= 4 is 17.2 Å². The van der Waals surface area contributed by atoms with Gasteiger partial charge in [0.2, 0.25) is 5.91 Å². The Kier molecular flexibility index (Phi) is 4.52. The van der Waals surface area contributed by atoms with Crippen LogP contribution < -0.4 is 0 Å². The van der Waals surface area contributed by atoms with Gasteiger partial charge in [-0.25, -0.2) is 4.98 Å². The summed E-state index contributed by atoms with van der Waals surface area (Å²) in [4.78, 5) is 19.8. The van der Waals surface area contributed by atoms with Crippen LogP contribution in [0.1, 0.15) is 41.3 Å². The Morgan fingerprint density at radius 3 is 2.77 bits per heavy atom. The third-order valence-corrected chi connectivity index (χ3v) is 5.97. The molecule has 2 aliphatic rings. The molecule has 1 unspecified atom stereocenters. The highest BCUT2D eigenvalue weighted by molar-refractivity contribution is 7.11. The minimum atomic E-state index is -0.411. The van der Waals surface area contributed by atoms with Gasteiger partial charge in [0, 0.05) is 24.6 Å². The highest BCUT2D eigenvalue weighted by Gasteiger charge is 2.44. The van der Waals surface area contributed by atoms with E-state index in [4.69, 9.17) is 4.74 Å². The first-order valence-electron chi connectivity index (χ1n) is 8.03. The summed E-state index contributed by atoms with van der Waals surface area (Å²) < 4.78 is 5.89. The Labute approximate surface area is 135 Å². The van der Waals surface area contributed by atoms with Crippen molar-refractivity contribution in [3.05, 3.63) is 15.6 Å². The lowest BCUT2D eigenvalue weighted by atomic mass is 9.82. The molecule has 0 saturated carbocycles. The zero-order valence-corrected chi connectivity index (χ0v) is 14.1. The van der Waals surface area contributed by atoms with Gasteiger partial charge in [-0.1, -0.05) is 0 Å². The van der Waals surface area contributed by atoms with Crippen LogP contribution in [0.2, 0.25) is 0 Å². The minimum Gasteiger partial charge on any atom is -0.390 e. The summed E-state index contributed by atoms with van der Waals surface area (Å²) in [6, 6.07) is 0. The maximum Gasteiger partial charge on any atom is 0.227 e. The summed E-state index contributed by atoms with van der Waals surface area (Å²) in [6.07, 6.45) is 3.27. The molecular formula is C16H24N2O3S. The van der Waals surface area contributed by atoms with Crippen molar-refractivity contribution in [1.29, 1.82) is 0 Å². The van der Waals surface area contributed by atoms with E-state index in [2.05, 4.69) is 4.98 Å². The Hall–Kier alpha value is -0.980. The fraction of sp³-hybridized carbons (Fsp3) is 0.750. The van der Waals surface area contributed by atoms with Gasteiger partial charge in [-0.15, -0.1) is 11.3 Å². The Morgan fingerprint density at radius 2 is 2.18 bits per heavy atom. The first kappa shape index (κ1) is 15.9. The number of thiazole rings is 1. The fourth-order valence-electron chi connectivity index (χ4n) is 3.51. The van der Waals surface area contributed by atoms with E-state index in [1.165, 1.54) is 0 Å². The van der Waals surface area contributed by atoms with Crippen LogP contribution in [0.3, 0.4) is 0 Å². The third-order valence-electron chi connectivity index (χ3n) is 4.89. The molecule has 1 amide bonds. The van der Waals surface area contributed by atoms with Gasteiger partial charge in [-0.2, -0.15) is 0 Å². The van der Waals surface area contributed by atoms with E-state index in [1.54, 1.807) is 11.3 Å². The van der Waals surface area contributed by atoms with E-state index in [9.17, 15) is 9.90 Å². The van der Waals surface area contributed by atoms with Crippen LogP contribution >= 0.6 is 11.3 Å². The number of carbonyl (C=O) groups excluding carboxylic acids is 1. The number of rotatable bonds is 2. The summed E-state index contributed by atoms with van der Waals surface area (Å²) in [7, 11) is 0. The van der Waals surface area contributed by atoms with Crippen molar-refractivity contribution in [3.63, 3.8) is 0 Å². The van der Waals surface area contributed by atoms with Gasteiger partial charge in [0.1, 0.15) is 0 Å². The number of carbonyl (C=O) groups is 1. The zero-order valence-electron chi connectivity index (χ0n) is 13.3. The molecular weight excluding hydrogens is 300 g/mol. The second-order valence-corrected chi connectivity index (χ2v) is 7.66. The second kappa shape index (κ2) is 6.26. The molecule has 22 heavy (non-hydrogen) atoms. The van der Waals surface area contributed by atoms with Crippen molar-refractivity contribution in [1.82, 2.24) is 9.88 Å². The molecule has 3 rings (SSSR count). The number of hydrogen-bond donors (Lipinski definition) is 1. The van der Waals surface area contributed by atoms with Gasteiger partial charge < -0.3 is 14.7 Å². The smallest absolute Gasteiger partial charge is 0.227 e. The average Bonchev–Trinajstić information content (AvgIpc) is 2.81. The maximum absolute atomic E-state index is 12.5. The summed E-state index contributed by atoms with van der Waals surface area (Å²) >= 11 is 1.61. The standard InChI is InChI=1S/C16H24N2O3S/c1-11-13(22-12(2)17-11)10-15(20)18-7-5-16(6-8-18)14(19)4-3-9-21-16/h14,19H,3-10H2,1-2H3. The Balaban J connectivity index is 1.59. The molecule has 0 bridgehead atoms. The Bertz CT molecular complexity index is 550. The summed E-state index contributed by atoms with van der Waals surface area (Å²) in [6.45, 7) is 6.01. The molecule has 1 atom stereocenters. The maximum atomic E-state index is 12.5. The summed E-state index contributed by atoms with van der Waals surface area (Å²) in [5.74, 6) is 0.159. The highest BCUT2D eigenvalue weighted by atomic mass is 32.1. The number of aryl methyl sites for hydroxylation is 2. The number of nitrogens with zero attached hydrogens (tertiary/aromatic N) is 2. The van der Waals surface area contributed by atoms with E-state index >= 15 is 0 Å². The van der Waals surface area contributed by atoms with E-state index in [0.29, 0.717) is 19.5 Å². The van der Waals surface area contributed by atoms with Gasteiger partial charge in [-0.3, -0.25) is 4.79 Å². The lowest BCUT2D eigenvalue weighted by Gasteiger charge is -2.46. The van der Waals surface area contributed by atoms with Crippen LogP contribution in [-0.4, -0.2) is 52.3 Å². The topological polar surface area (TPSA) is 62.7 Å². The number of hydrogen-bond acceptors (Lipinski definition) is 5. The van der Waals surface area contributed by atoms with Gasteiger partial charge in [-0.05, 0) is 39.5 Å². The van der Waals surface area contributed by atoms with Crippen LogP contribution in [0.25, 0.3) is 0 Å². The third kappa shape index (κ3) is 3.05. The summed E-state index contributed by atoms with van der Waals surface area (Å²) in [5.41, 5.74) is 0.557. The predicted molar refractivity (Wildman–Crippen MR) is 85.0 cm³/mol. The molecule has 5 nitrogen and oxygen atoms in total. The van der Waals surface area contributed by atoms with Crippen molar-refractivity contribution in [2.75, 3.05) is 19.7 Å². The highest BCUT2D eigenvalue weighted by Crippen LogP contribution is 2.35. The van der Waals surface area contributed by atoms with Crippen LogP contribution in [0.5, 0.6) is 0 Å². The first-order valence-corrected chi connectivity index (χ1v) is 8.84. The molecule has 2 fully saturated rings. The number of amides is 1. The molecule has 1 aromatic heterocycles. The number of piperidine rings is 1. The normalized spacial score (nSPS) is 24.7. The number of likely N-dealkylation sites (tertiary alicyclic amines) is 1. The molecule has 2 aliphatic heterocycles. The van der Waals surface area contributed by atoms with E-state index in [-0.39, 0.29) is 12.0 Å². The van der Waals surface area contributed by atoms with Crippen molar-refractivity contribution in [3.8, 4) is 0 Å².